The van der Waals surface area contributed by atoms with Gasteiger partial charge in [0.25, 0.3) is 0 Å². The molecule has 34 heavy (non-hydrogen) atoms. The second-order valence-electron chi connectivity index (χ2n) is 9.10. The minimum absolute atomic E-state index is 0. The summed E-state index contributed by atoms with van der Waals surface area (Å²) >= 11 is 12.2. The molecule has 0 amide bonds. The van der Waals surface area contributed by atoms with Gasteiger partial charge < -0.3 is 5.48 Å². The topological polar surface area (TPSA) is 31.5 Å². The molecule has 4 aromatic heterocycles. The van der Waals surface area contributed by atoms with Gasteiger partial charge in [-0.2, -0.15) is 0 Å². The number of hydrogen-bond donors (Lipinski definition) is 0. The zero-order valence-corrected chi connectivity index (χ0v) is 30.0. The normalized spacial score (nSPS) is 10.4. The fourth-order valence-corrected chi connectivity index (χ4v) is 9.92. The van der Waals surface area contributed by atoms with Gasteiger partial charge >= 0.3 is 157 Å². The summed E-state index contributed by atoms with van der Waals surface area (Å²) in [7, 11) is -2.41. The second kappa shape index (κ2) is 15.7. The maximum atomic E-state index is 3.46. The van der Waals surface area contributed by atoms with Crippen molar-refractivity contribution in [1.29, 1.82) is 0 Å². The number of hydrogen-bond acceptors (Lipinski definition) is 3. The summed E-state index contributed by atoms with van der Waals surface area (Å²) in [5.74, 6) is 6.53. The van der Waals surface area contributed by atoms with E-state index in [2.05, 4.69) is 137 Å². The Bertz CT molecular complexity index is 1220. The fraction of sp³-hybridized carbons (Fsp3) is 0.250. The number of fused-ring (bicyclic) bond motifs is 1. The zero-order chi connectivity index (χ0) is 24.5. The van der Waals surface area contributed by atoms with Gasteiger partial charge in [0.1, 0.15) is 8.07 Å². The molecule has 0 aliphatic rings. The molecule has 2 N–H and O–H groups in total. The number of halogens is 1. The Kier molecular flexibility index (Phi) is 15.0. The molecule has 0 spiro atoms. The van der Waals surface area contributed by atoms with Gasteiger partial charge in [-0.05, 0) is 15.9 Å². The van der Waals surface area contributed by atoms with Crippen LogP contribution in [0.4, 0.5) is 0 Å². The van der Waals surface area contributed by atoms with E-state index in [9.17, 15) is 0 Å². The van der Waals surface area contributed by atoms with Gasteiger partial charge in [-0.1, -0.05) is 25.6 Å². The zero-order valence-electron chi connectivity index (χ0n) is 20.5. The van der Waals surface area contributed by atoms with Crippen LogP contribution >= 0.6 is 49.9 Å². The molecular formula is C24H28BrLiOS3Se2Si2. The Morgan fingerprint density at radius 3 is 1.91 bits per heavy atom. The summed E-state index contributed by atoms with van der Waals surface area (Å²) in [5.41, 5.74) is 9.14. The van der Waals surface area contributed by atoms with Crippen LogP contribution in [0.1, 0.15) is 11.1 Å². The van der Waals surface area contributed by atoms with Crippen molar-refractivity contribution in [1.82, 2.24) is 0 Å². The van der Waals surface area contributed by atoms with E-state index in [1.54, 1.807) is 38.3 Å². The van der Waals surface area contributed by atoms with Gasteiger partial charge in [-0.15, -0.1) is 16.9 Å². The van der Waals surface area contributed by atoms with E-state index in [1.807, 2.05) is 0 Å². The van der Waals surface area contributed by atoms with Gasteiger partial charge in [0.2, 0.25) is 0 Å². The van der Waals surface area contributed by atoms with Crippen molar-refractivity contribution >= 4 is 123 Å². The first-order chi connectivity index (χ1) is 15.5. The first-order valence-corrected chi connectivity index (χ1v) is 25.3. The maximum absolute atomic E-state index is 3.46. The van der Waals surface area contributed by atoms with Gasteiger partial charge in [-0.25, -0.2) is 0 Å². The molecule has 0 aliphatic carbocycles. The summed E-state index contributed by atoms with van der Waals surface area (Å²) in [6, 6.07) is 2.21. The molecule has 0 bridgehead atoms. The third kappa shape index (κ3) is 12.6. The van der Waals surface area contributed by atoms with Crippen LogP contribution in [0.2, 0.25) is 39.3 Å². The van der Waals surface area contributed by atoms with Crippen LogP contribution < -0.4 is 4.46 Å². The molecule has 4 aromatic rings. The quantitative estimate of drug-likeness (QED) is 0.164. The van der Waals surface area contributed by atoms with Gasteiger partial charge in [-0.3, -0.25) is 0 Å². The van der Waals surface area contributed by atoms with Crippen molar-refractivity contribution in [2.75, 3.05) is 0 Å². The van der Waals surface area contributed by atoms with Crippen LogP contribution in [-0.2, 0) is 0 Å². The Balaban J connectivity index is 0.000000257. The predicted octanol–water partition coefficient (Wildman–Crippen LogP) is 6.26. The SMILES string of the molecule is C[Si](C)(C)C#Cc1cscc1Br.O.[Li][Se]c1cscc1C#C[Si](C)(C)C.c1cc2cscc2[se]1. The number of thiophene rings is 3. The van der Waals surface area contributed by atoms with Crippen molar-refractivity contribution in [3.63, 3.8) is 0 Å². The average Bonchev–Trinajstić information content (AvgIpc) is 3.49. The molecule has 0 fully saturated rings. The molecule has 0 radical (unpaired) electrons. The summed E-state index contributed by atoms with van der Waals surface area (Å²) in [4.78, 5) is 2.27. The summed E-state index contributed by atoms with van der Waals surface area (Å²) in [6.07, 6.45) is 0. The fourth-order valence-electron chi connectivity index (χ4n) is 2.11. The Morgan fingerprint density at radius 2 is 1.38 bits per heavy atom. The summed E-state index contributed by atoms with van der Waals surface area (Å²) in [5, 5.41) is 14.5. The first kappa shape index (κ1) is 32.5. The second-order valence-corrected chi connectivity index (χ2v) is 25.5. The van der Waals surface area contributed by atoms with E-state index >= 15 is 0 Å². The third-order valence-corrected chi connectivity index (χ3v) is 12.8. The molecule has 0 unspecified atom stereocenters. The summed E-state index contributed by atoms with van der Waals surface area (Å²) in [6.45, 7) is 13.6. The van der Waals surface area contributed by atoms with Crippen LogP contribution in [0.3, 0.4) is 0 Å². The van der Waals surface area contributed by atoms with E-state index in [0.29, 0.717) is 27.3 Å². The van der Waals surface area contributed by atoms with Crippen LogP contribution in [0.25, 0.3) is 9.65 Å². The molecule has 176 valence electrons. The molecular weight excluding hydrogens is 701 g/mol. The number of rotatable bonds is 1. The third-order valence-electron chi connectivity index (χ3n) is 3.70. The molecule has 4 rings (SSSR count). The first-order valence-electron chi connectivity index (χ1n) is 10.3. The average molecular weight is 730 g/mol. The Hall–Kier alpha value is 0.470. The van der Waals surface area contributed by atoms with Crippen LogP contribution in [0.5, 0.6) is 0 Å². The molecule has 0 atom stereocenters. The minimum atomic E-state index is -1.21. The van der Waals surface area contributed by atoms with Crippen molar-refractivity contribution in [2.24, 2.45) is 0 Å². The van der Waals surface area contributed by atoms with E-state index in [0.717, 1.165) is 10.0 Å². The predicted molar refractivity (Wildman–Crippen MR) is 170 cm³/mol. The van der Waals surface area contributed by atoms with Crippen molar-refractivity contribution in [3.8, 4) is 22.9 Å². The molecule has 0 saturated carbocycles. The molecule has 0 aliphatic heterocycles. The Labute approximate surface area is 247 Å². The van der Waals surface area contributed by atoms with Crippen LogP contribution in [-0.4, -0.2) is 64.7 Å². The van der Waals surface area contributed by atoms with Crippen molar-refractivity contribution < 1.29 is 5.48 Å². The van der Waals surface area contributed by atoms with E-state index in [4.69, 9.17) is 0 Å². The monoisotopic (exact) mass is 730 g/mol. The van der Waals surface area contributed by atoms with Crippen LogP contribution in [0.15, 0.2) is 47.8 Å². The van der Waals surface area contributed by atoms with E-state index < -0.39 is 16.1 Å². The van der Waals surface area contributed by atoms with E-state index in [1.165, 1.54) is 15.4 Å². The van der Waals surface area contributed by atoms with Gasteiger partial charge in [0.15, 0.2) is 0 Å². The molecule has 1 nitrogen and oxygen atoms in total. The molecule has 4 heterocycles. The van der Waals surface area contributed by atoms with Gasteiger partial charge in [0, 0.05) is 20.8 Å². The van der Waals surface area contributed by atoms with E-state index in [-0.39, 0.29) is 5.48 Å². The van der Waals surface area contributed by atoms with Crippen molar-refractivity contribution in [3.05, 3.63) is 58.9 Å². The molecule has 0 saturated heterocycles. The Morgan fingerprint density at radius 1 is 0.824 bits per heavy atom. The molecule has 0 aromatic carbocycles. The van der Waals surface area contributed by atoms with Gasteiger partial charge in [0.05, 0.1) is 0 Å². The van der Waals surface area contributed by atoms with Crippen LogP contribution in [0, 0.1) is 22.9 Å². The summed E-state index contributed by atoms with van der Waals surface area (Å²) < 4.78 is 4.14. The molecule has 10 heteroatoms. The van der Waals surface area contributed by atoms with Crippen molar-refractivity contribution in [2.45, 2.75) is 39.3 Å². The standard InChI is InChI=1S/C9H11BrSSi.C9H12SSeSi.C6H4SSe.Li.H2O/c1-12(2,3)5-4-8-6-11-7-9(8)10;1-12(2,3)5-4-8-6-10-7-9(8)11;1-2-8-6-4-7-3-5(1)6;;/h6-7H,1-3H3;6-7,11H,1-3H3;1-4H;;1H2/q;;;+1;/p-1.